The first kappa shape index (κ1) is 24.8. The molecule has 0 aromatic heterocycles. The van der Waals surface area contributed by atoms with E-state index in [9.17, 15) is 23.3 Å². The Morgan fingerprint density at radius 1 is 1.00 bits per heavy atom. The Balaban J connectivity index is 1.68. The second kappa shape index (κ2) is 9.58. The molecule has 10 heteroatoms. The summed E-state index contributed by atoms with van der Waals surface area (Å²) in [5.74, 6) is -0.371. The number of carbonyl (C=O) groups is 1. The number of rotatable bonds is 6. The number of hydrogen-bond acceptors (Lipinski definition) is 6. The van der Waals surface area contributed by atoms with E-state index in [1.54, 1.807) is 19.1 Å². The molecule has 1 fully saturated rings. The SMILES string of the molecule is Cc1cc(C)c(C)c(S(=O)(=O)N2CCN(CC(=O)Nc3c(C)cccc3[N+](=O)[O-])CC2)c1C. The fraction of sp³-hybridized carbons (Fsp3) is 0.435. The molecular formula is C23H30N4O5S. The highest BCUT2D eigenvalue weighted by Gasteiger charge is 2.32. The molecule has 0 spiro atoms. The standard InChI is InChI=1S/C23H30N4O5S/c1-15-7-6-8-20(27(29)30)22(15)24-21(28)14-25-9-11-26(12-10-25)33(31,32)23-18(4)16(2)13-17(3)19(23)5/h6-8,13H,9-12,14H2,1-5H3,(H,24,28). The molecule has 178 valence electrons. The first-order valence-electron chi connectivity index (χ1n) is 10.8. The number of nitro groups is 1. The maximum absolute atomic E-state index is 13.4. The van der Waals surface area contributed by atoms with Gasteiger partial charge in [-0.05, 0) is 62.4 Å². The number of nitrogens with zero attached hydrogens (tertiary/aromatic N) is 3. The van der Waals surface area contributed by atoms with Crippen LogP contribution in [-0.4, -0.2) is 61.2 Å². The number of nitrogens with one attached hydrogen (secondary N) is 1. The molecule has 1 amide bonds. The Morgan fingerprint density at radius 3 is 2.12 bits per heavy atom. The Bertz CT molecular complexity index is 1180. The van der Waals surface area contributed by atoms with Crippen molar-refractivity contribution < 1.29 is 18.1 Å². The molecule has 0 radical (unpaired) electrons. The number of sulfonamides is 1. The summed E-state index contributed by atoms with van der Waals surface area (Å²) in [4.78, 5) is 25.5. The predicted octanol–water partition coefficient (Wildman–Crippen LogP) is 3.08. The van der Waals surface area contributed by atoms with Crippen molar-refractivity contribution >= 4 is 27.3 Å². The molecule has 2 aromatic rings. The first-order valence-corrected chi connectivity index (χ1v) is 12.2. The Labute approximate surface area is 194 Å². The number of nitro benzene ring substituents is 1. The number of anilines is 1. The van der Waals surface area contributed by atoms with E-state index in [-0.39, 0.29) is 36.9 Å². The smallest absolute Gasteiger partial charge is 0.293 e. The fourth-order valence-electron chi connectivity index (χ4n) is 4.17. The largest absolute Gasteiger partial charge is 0.319 e. The van der Waals surface area contributed by atoms with Crippen molar-refractivity contribution in [2.75, 3.05) is 38.0 Å². The van der Waals surface area contributed by atoms with Gasteiger partial charge in [-0.1, -0.05) is 18.2 Å². The van der Waals surface area contributed by atoms with Crippen LogP contribution in [0.2, 0.25) is 0 Å². The topological polar surface area (TPSA) is 113 Å². The van der Waals surface area contributed by atoms with Crippen molar-refractivity contribution in [1.82, 2.24) is 9.21 Å². The third kappa shape index (κ3) is 5.07. The number of para-hydroxylation sites is 1. The van der Waals surface area contributed by atoms with Crippen LogP contribution < -0.4 is 5.32 Å². The fourth-order valence-corrected chi connectivity index (χ4v) is 6.17. The van der Waals surface area contributed by atoms with E-state index in [1.807, 2.05) is 38.7 Å². The maximum atomic E-state index is 13.4. The van der Waals surface area contributed by atoms with Gasteiger partial charge in [0.2, 0.25) is 15.9 Å². The van der Waals surface area contributed by atoms with Gasteiger partial charge in [0.25, 0.3) is 5.69 Å². The van der Waals surface area contributed by atoms with Crippen molar-refractivity contribution in [3.8, 4) is 0 Å². The van der Waals surface area contributed by atoms with Gasteiger partial charge in [-0.3, -0.25) is 19.8 Å². The molecular weight excluding hydrogens is 444 g/mol. The number of carbonyl (C=O) groups excluding carboxylic acids is 1. The van der Waals surface area contributed by atoms with Gasteiger partial charge in [0, 0.05) is 32.2 Å². The number of benzene rings is 2. The van der Waals surface area contributed by atoms with E-state index in [0.717, 1.165) is 22.3 Å². The molecule has 1 saturated heterocycles. The summed E-state index contributed by atoms with van der Waals surface area (Å²) in [7, 11) is -3.66. The van der Waals surface area contributed by atoms with Crippen LogP contribution in [0, 0.1) is 44.7 Å². The second-order valence-corrected chi connectivity index (χ2v) is 10.4. The van der Waals surface area contributed by atoms with Crippen LogP contribution in [0.4, 0.5) is 11.4 Å². The van der Waals surface area contributed by atoms with Crippen LogP contribution in [0.5, 0.6) is 0 Å². The van der Waals surface area contributed by atoms with Crippen LogP contribution in [-0.2, 0) is 14.8 Å². The van der Waals surface area contributed by atoms with Crippen LogP contribution in [0.1, 0.15) is 27.8 Å². The number of piperazine rings is 1. The summed E-state index contributed by atoms with van der Waals surface area (Å²) in [6, 6.07) is 6.62. The van der Waals surface area contributed by atoms with Gasteiger partial charge in [-0.2, -0.15) is 4.31 Å². The molecule has 33 heavy (non-hydrogen) atoms. The minimum absolute atomic E-state index is 0.0288. The molecule has 1 aliphatic heterocycles. The summed E-state index contributed by atoms with van der Waals surface area (Å²) in [5, 5.41) is 13.9. The molecule has 0 bridgehead atoms. The Morgan fingerprint density at radius 2 is 1.58 bits per heavy atom. The van der Waals surface area contributed by atoms with E-state index in [0.29, 0.717) is 23.5 Å². The highest BCUT2D eigenvalue weighted by Crippen LogP contribution is 2.30. The predicted molar refractivity (Wildman–Crippen MR) is 127 cm³/mol. The average molecular weight is 475 g/mol. The third-order valence-corrected chi connectivity index (χ3v) is 8.48. The van der Waals surface area contributed by atoms with Gasteiger partial charge in [-0.15, -0.1) is 0 Å². The molecule has 0 aliphatic carbocycles. The zero-order valence-electron chi connectivity index (χ0n) is 19.6. The van der Waals surface area contributed by atoms with Gasteiger partial charge < -0.3 is 5.32 Å². The molecule has 0 atom stereocenters. The lowest BCUT2D eigenvalue weighted by molar-refractivity contribution is -0.384. The highest BCUT2D eigenvalue weighted by molar-refractivity contribution is 7.89. The van der Waals surface area contributed by atoms with Crippen molar-refractivity contribution in [3.05, 3.63) is 62.2 Å². The zero-order chi connectivity index (χ0) is 24.5. The third-order valence-electron chi connectivity index (χ3n) is 6.31. The minimum atomic E-state index is -3.66. The van der Waals surface area contributed by atoms with Gasteiger partial charge in [0.15, 0.2) is 0 Å². The Hall–Kier alpha value is -2.82. The molecule has 1 N–H and O–H groups in total. The van der Waals surface area contributed by atoms with Crippen molar-refractivity contribution in [3.63, 3.8) is 0 Å². The maximum Gasteiger partial charge on any atom is 0.293 e. The lowest BCUT2D eigenvalue weighted by Crippen LogP contribution is -2.50. The number of hydrogen-bond donors (Lipinski definition) is 1. The summed E-state index contributed by atoms with van der Waals surface area (Å²) >= 11 is 0. The molecule has 1 aliphatic rings. The molecule has 0 saturated carbocycles. The van der Waals surface area contributed by atoms with Crippen LogP contribution in [0.15, 0.2) is 29.2 Å². The summed E-state index contributed by atoms with van der Waals surface area (Å²) in [5.41, 5.74) is 4.05. The van der Waals surface area contributed by atoms with E-state index in [2.05, 4.69) is 5.32 Å². The van der Waals surface area contributed by atoms with Crippen LogP contribution in [0.3, 0.4) is 0 Å². The van der Waals surface area contributed by atoms with Crippen molar-refractivity contribution in [1.29, 1.82) is 0 Å². The average Bonchev–Trinajstić information content (AvgIpc) is 2.74. The van der Waals surface area contributed by atoms with Crippen LogP contribution >= 0.6 is 0 Å². The van der Waals surface area contributed by atoms with Gasteiger partial charge >= 0.3 is 0 Å². The summed E-state index contributed by atoms with van der Waals surface area (Å²) in [6.07, 6.45) is 0. The number of amides is 1. The molecule has 2 aromatic carbocycles. The van der Waals surface area contributed by atoms with E-state index in [1.165, 1.54) is 10.4 Å². The zero-order valence-corrected chi connectivity index (χ0v) is 20.5. The van der Waals surface area contributed by atoms with Crippen molar-refractivity contribution in [2.45, 2.75) is 39.5 Å². The van der Waals surface area contributed by atoms with E-state index < -0.39 is 14.9 Å². The first-order chi connectivity index (χ1) is 15.4. The molecule has 3 rings (SSSR count). The summed E-state index contributed by atoms with van der Waals surface area (Å²) in [6.45, 7) is 10.5. The molecule has 9 nitrogen and oxygen atoms in total. The van der Waals surface area contributed by atoms with E-state index in [4.69, 9.17) is 0 Å². The monoisotopic (exact) mass is 474 g/mol. The molecule has 1 heterocycles. The van der Waals surface area contributed by atoms with E-state index >= 15 is 0 Å². The normalized spacial score (nSPS) is 15.4. The molecule has 0 unspecified atom stereocenters. The second-order valence-electron chi connectivity index (χ2n) is 8.54. The highest BCUT2D eigenvalue weighted by atomic mass is 32.2. The van der Waals surface area contributed by atoms with Crippen LogP contribution in [0.25, 0.3) is 0 Å². The minimum Gasteiger partial charge on any atom is -0.319 e. The Kier molecular flexibility index (Phi) is 7.20. The van der Waals surface area contributed by atoms with Gasteiger partial charge in [-0.25, -0.2) is 8.42 Å². The quantitative estimate of drug-likeness (QED) is 0.509. The summed E-state index contributed by atoms with van der Waals surface area (Å²) < 4.78 is 28.3. The van der Waals surface area contributed by atoms with Crippen molar-refractivity contribution in [2.24, 2.45) is 0 Å². The lowest BCUT2D eigenvalue weighted by atomic mass is 10.0. The van der Waals surface area contributed by atoms with Gasteiger partial charge in [0.1, 0.15) is 5.69 Å². The lowest BCUT2D eigenvalue weighted by Gasteiger charge is -2.34. The number of aryl methyl sites for hydroxylation is 3. The van der Waals surface area contributed by atoms with Gasteiger partial charge in [0.05, 0.1) is 16.4 Å².